The zero-order valence-electron chi connectivity index (χ0n) is 16.1. The Bertz CT molecular complexity index is 974. The highest BCUT2D eigenvalue weighted by molar-refractivity contribution is 6.27. The molecule has 0 saturated carbocycles. The molecule has 9 nitrogen and oxygen atoms in total. The molecule has 29 heavy (non-hydrogen) atoms. The van der Waals surface area contributed by atoms with Crippen molar-refractivity contribution in [3.05, 3.63) is 35.8 Å². The highest BCUT2D eigenvalue weighted by Gasteiger charge is 2.45. The summed E-state index contributed by atoms with van der Waals surface area (Å²) in [6.07, 6.45) is 5.68. The molecule has 0 bridgehead atoms. The van der Waals surface area contributed by atoms with Crippen LogP contribution in [0, 0.1) is 5.92 Å². The number of ketones is 1. The number of hydrogen-bond acceptors (Lipinski definition) is 8. The van der Waals surface area contributed by atoms with E-state index >= 15 is 0 Å². The van der Waals surface area contributed by atoms with Crippen LogP contribution >= 0.6 is 0 Å². The average Bonchev–Trinajstić information content (AvgIpc) is 3.28. The van der Waals surface area contributed by atoms with Gasteiger partial charge in [-0.25, -0.2) is 4.98 Å². The van der Waals surface area contributed by atoms with Crippen molar-refractivity contribution in [3.8, 4) is 0 Å². The number of rotatable bonds is 5. The Balaban J connectivity index is 1.66. The van der Waals surface area contributed by atoms with Gasteiger partial charge in [0.05, 0.1) is 32.9 Å². The van der Waals surface area contributed by atoms with Gasteiger partial charge in [0.1, 0.15) is 5.65 Å². The predicted molar refractivity (Wildman–Crippen MR) is 105 cm³/mol. The van der Waals surface area contributed by atoms with Gasteiger partial charge in [0.2, 0.25) is 17.6 Å². The summed E-state index contributed by atoms with van der Waals surface area (Å²) in [4.78, 5) is 32.8. The number of Topliss-reactive ketones (excluding diaryl/α,β-unsaturated/α-hetero) is 1. The predicted octanol–water partition coefficient (Wildman–Crippen LogP) is 1.72. The van der Waals surface area contributed by atoms with Crippen molar-refractivity contribution in [2.45, 2.75) is 13.3 Å². The molecule has 0 spiro atoms. The van der Waals surface area contributed by atoms with Gasteiger partial charge < -0.3 is 19.2 Å². The van der Waals surface area contributed by atoms with Crippen LogP contribution in [0.2, 0.25) is 0 Å². The summed E-state index contributed by atoms with van der Waals surface area (Å²) in [5.41, 5.74) is 1.44. The molecule has 2 aromatic heterocycles. The van der Waals surface area contributed by atoms with Crippen LogP contribution in [0.5, 0.6) is 0 Å². The number of morpholine rings is 1. The highest BCUT2D eigenvalue weighted by atomic mass is 16.5. The summed E-state index contributed by atoms with van der Waals surface area (Å²) in [5, 5.41) is 6.99. The minimum Gasteiger partial charge on any atom is -0.465 e. The first kappa shape index (κ1) is 19.1. The minimum absolute atomic E-state index is 0.0437. The zero-order valence-corrected chi connectivity index (χ0v) is 16.1. The maximum atomic E-state index is 13.0. The summed E-state index contributed by atoms with van der Waals surface area (Å²) < 4.78 is 16.3. The molecule has 1 unspecified atom stereocenters. The number of ether oxygens (including phenoxy) is 3. The van der Waals surface area contributed by atoms with Gasteiger partial charge in [-0.1, -0.05) is 6.92 Å². The van der Waals surface area contributed by atoms with Crippen LogP contribution in [-0.4, -0.2) is 65.5 Å². The second-order valence-corrected chi connectivity index (χ2v) is 6.72. The topological polar surface area (TPSA) is 106 Å². The molecule has 152 valence electrons. The van der Waals surface area contributed by atoms with E-state index < -0.39 is 17.7 Å². The molecule has 0 radical (unpaired) electrons. The number of hydrogen-bond donors (Lipinski definition) is 1. The molecule has 2 saturated heterocycles. The average molecular weight is 398 g/mol. The fourth-order valence-electron chi connectivity index (χ4n) is 3.18. The lowest BCUT2D eigenvalue weighted by Gasteiger charge is -2.24. The SMILES string of the molecule is CCCOC(=O)C1C(=O)/C(=C/c2c[nH]c3ncccc23)OC1=NN1CCOCC1. The lowest BCUT2D eigenvalue weighted by molar-refractivity contribution is -0.148. The molecule has 9 heteroatoms. The number of carbonyl (C=O) groups excluding carboxylic acids is 2. The van der Waals surface area contributed by atoms with Gasteiger partial charge in [-0.05, 0) is 24.6 Å². The number of aromatic nitrogens is 2. The zero-order chi connectivity index (χ0) is 20.2. The molecule has 1 N–H and O–H groups in total. The quantitative estimate of drug-likeness (QED) is 0.464. The Morgan fingerprint density at radius 3 is 3.07 bits per heavy atom. The molecule has 0 amide bonds. The first-order chi connectivity index (χ1) is 14.2. The van der Waals surface area contributed by atoms with Crippen molar-refractivity contribution in [2.75, 3.05) is 32.9 Å². The molecule has 0 aliphatic carbocycles. The summed E-state index contributed by atoms with van der Waals surface area (Å²) in [7, 11) is 0. The Morgan fingerprint density at radius 2 is 2.28 bits per heavy atom. The Labute approximate surface area is 167 Å². The summed E-state index contributed by atoms with van der Waals surface area (Å²) >= 11 is 0. The number of hydrazone groups is 1. The third kappa shape index (κ3) is 4.00. The number of allylic oxidation sites excluding steroid dienone is 1. The number of esters is 1. The van der Waals surface area contributed by atoms with Gasteiger partial charge >= 0.3 is 5.97 Å². The number of carbonyl (C=O) groups is 2. The van der Waals surface area contributed by atoms with Crippen molar-refractivity contribution in [2.24, 2.45) is 11.0 Å². The molecule has 0 aromatic carbocycles. The Morgan fingerprint density at radius 1 is 1.45 bits per heavy atom. The van der Waals surface area contributed by atoms with Crippen LogP contribution in [0.15, 0.2) is 35.4 Å². The van der Waals surface area contributed by atoms with Crippen LogP contribution < -0.4 is 0 Å². The molecule has 2 fully saturated rings. The number of pyridine rings is 1. The summed E-state index contributed by atoms with van der Waals surface area (Å²) in [6, 6.07) is 3.70. The fourth-order valence-corrected chi connectivity index (χ4v) is 3.18. The second-order valence-electron chi connectivity index (χ2n) is 6.72. The largest absolute Gasteiger partial charge is 0.465 e. The van der Waals surface area contributed by atoms with Crippen LogP contribution in [0.4, 0.5) is 0 Å². The van der Waals surface area contributed by atoms with Crippen molar-refractivity contribution >= 4 is 34.8 Å². The van der Waals surface area contributed by atoms with Gasteiger partial charge in [0, 0.05) is 23.3 Å². The number of nitrogens with one attached hydrogen (secondary N) is 1. The maximum absolute atomic E-state index is 13.0. The van der Waals surface area contributed by atoms with Crippen LogP contribution in [0.1, 0.15) is 18.9 Å². The van der Waals surface area contributed by atoms with E-state index in [1.807, 2.05) is 19.1 Å². The number of aromatic amines is 1. The minimum atomic E-state index is -1.20. The molecule has 4 heterocycles. The number of fused-ring (bicyclic) bond motifs is 1. The molecule has 2 aromatic rings. The van der Waals surface area contributed by atoms with Gasteiger partial charge in [-0.15, -0.1) is 5.10 Å². The number of H-pyrrole nitrogens is 1. The molecule has 4 rings (SSSR count). The van der Waals surface area contributed by atoms with Crippen molar-refractivity contribution in [1.29, 1.82) is 0 Å². The second kappa shape index (κ2) is 8.44. The fraction of sp³-hybridized carbons (Fsp3) is 0.400. The van der Waals surface area contributed by atoms with Crippen molar-refractivity contribution in [1.82, 2.24) is 15.0 Å². The molecule has 1 atom stereocenters. The van der Waals surface area contributed by atoms with Gasteiger partial charge in [-0.3, -0.25) is 14.6 Å². The van der Waals surface area contributed by atoms with Gasteiger partial charge in [-0.2, -0.15) is 0 Å². The molecule has 2 aliphatic heterocycles. The van der Waals surface area contributed by atoms with Crippen molar-refractivity contribution < 1.29 is 23.8 Å². The Hall–Kier alpha value is -3.20. The Kier molecular flexibility index (Phi) is 5.57. The van der Waals surface area contributed by atoms with E-state index in [1.54, 1.807) is 23.5 Å². The lowest BCUT2D eigenvalue weighted by Crippen LogP contribution is -2.35. The molecular formula is C20H22N4O5. The van der Waals surface area contributed by atoms with Crippen LogP contribution in [0.25, 0.3) is 17.1 Å². The highest BCUT2D eigenvalue weighted by Crippen LogP contribution is 2.28. The van der Waals surface area contributed by atoms with Gasteiger partial charge in [0.15, 0.2) is 5.76 Å². The summed E-state index contributed by atoms with van der Waals surface area (Å²) in [6.45, 7) is 4.30. The normalized spacial score (nSPS) is 22.4. The first-order valence-corrected chi connectivity index (χ1v) is 9.61. The molecular weight excluding hydrogens is 376 g/mol. The third-order valence-corrected chi connectivity index (χ3v) is 4.65. The van der Waals surface area contributed by atoms with E-state index in [4.69, 9.17) is 14.2 Å². The third-order valence-electron chi connectivity index (χ3n) is 4.65. The van der Waals surface area contributed by atoms with E-state index in [0.717, 1.165) is 10.9 Å². The van der Waals surface area contributed by atoms with E-state index in [-0.39, 0.29) is 18.3 Å². The monoisotopic (exact) mass is 398 g/mol. The lowest BCUT2D eigenvalue weighted by atomic mass is 10.0. The van der Waals surface area contributed by atoms with Crippen LogP contribution in [-0.2, 0) is 23.8 Å². The van der Waals surface area contributed by atoms with E-state index in [2.05, 4.69) is 15.1 Å². The number of nitrogens with zero attached hydrogens (tertiary/aromatic N) is 3. The smallest absolute Gasteiger partial charge is 0.326 e. The standard InChI is InChI=1S/C20H22N4O5/c1-2-8-28-20(26)16-17(25)15(29-19(16)23-24-6-9-27-10-7-24)11-13-12-22-18-14(13)4-3-5-21-18/h3-5,11-12,16H,2,6-10H2,1H3,(H,21,22)/b15-11-,23-19?. The maximum Gasteiger partial charge on any atom is 0.326 e. The van der Waals surface area contributed by atoms with Gasteiger partial charge in [0.25, 0.3) is 0 Å². The van der Waals surface area contributed by atoms with E-state index in [0.29, 0.717) is 38.4 Å². The summed E-state index contributed by atoms with van der Waals surface area (Å²) in [5.74, 6) is -2.20. The van der Waals surface area contributed by atoms with Crippen molar-refractivity contribution in [3.63, 3.8) is 0 Å². The van der Waals surface area contributed by atoms with E-state index in [1.165, 1.54) is 0 Å². The first-order valence-electron chi connectivity index (χ1n) is 9.61. The van der Waals surface area contributed by atoms with E-state index in [9.17, 15) is 9.59 Å². The van der Waals surface area contributed by atoms with Crippen LogP contribution in [0.3, 0.4) is 0 Å². The molecule has 2 aliphatic rings.